The smallest absolute Gasteiger partial charge is 0.335 e. The second kappa shape index (κ2) is 11.6. The molecule has 0 radical (unpaired) electrons. The molecule has 7 nitrogen and oxygen atoms in total. The minimum atomic E-state index is -1.08. The first-order valence-corrected chi connectivity index (χ1v) is 12.7. The van der Waals surface area contributed by atoms with E-state index in [-0.39, 0.29) is 16.6 Å². The second-order valence-electron chi connectivity index (χ2n) is 13.6. The predicted molar refractivity (Wildman–Crippen MR) is 144 cm³/mol. The summed E-state index contributed by atoms with van der Waals surface area (Å²) in [5.74, 6) is -0.0790. The molecule has 36 heavy (non-hydrogen) atoms. The topological polar surface area (TPSA) is 83.5 Å². The Morgan fingerprint density at radius 1 is 0.778 bits per heavy atom. The zero-order chi connectivity index (χ0) is 28.2. The van der Waals surface area contributed by atoms with Gasteiger partial charge >= 0.3 is 5.97 Å². The molecule has 0 fully saturated rings. The third-order valence-corrected chi connectivity index (χ3v) is 5.14. The SMILES string of the molecule is COCCC(C)(C)Oc1cc(C(=O)O)cc(OC(C)(C)COC(C)(C)C)c1OC(C)(C)CC(C)(C)C. The van der Waals surface area contributed by atoms with Crippen molar-refractivity contribution in [2.45, 2.75) is 118 Å². The molecule has 0 atom stereocenters. The summed E-state index contributed by atoms with van der Waals surface area (Å²) in [6, 6.07) is 3.00. The minimum absolute atomic E-state index is 0.00407. The number of methoxy groups -OCH3 is 1. The van der Waals surface area contributed by atoms with Crippen molar-refractivity contribution in [2.24, 2.45) is 5.41 Å². The number of carboxylic acid groups (broad SMARTS) is 1. The molecule has 0 aliphatic heterocycles. The molecule has 1 rings (SSSR count). The number of ether oxygens (including phenoxy) is 5. The fourth-order valence-corrected chi connectivity index (χ4v) is 3.96. The highest BCUT2D eigenvalue weighted by Crippen LogP contribution is 2.45. The molecule has 7 heteroatoms. The third-order valence-electron chi connectivity index (χ3n) is 5.14. The van der Waals surface area contributed by atoms with Crippen molar-refractivity contribution in [3.8, 4) is 17.2 Å². The second-order valence-corrected chi connectivity index (χ2v) is 13.6. The largest absolute Gasteiger partial charge is 0.484 e. The summed E-state index contributed by atoms with van der Waals surface area (Å²) in [5, 5.41) is 9.86. The Morgan fingerprint density at radius 2 is 1.28 bits per heavy atom. The Kier molecular flexibility index (Phi) is 10.3. The van der Waals surface area contributed by atoms with Gasteiger partial charge in [0.05, 0.1) is 17.8 Å². The van der Waals surface area contributed by atoms with E-state index in [2.05, 4.69) is 20.8 Å². The molecule has 0 aromatic heterocycles. The van der Waals surface area contributed by atoms with Gasteiger partial charge in [-0.1, -0.05) is 20.8 Å². The molecule has 208 valence electrons. The highest BCUT2D eigenvalue weighted by molar-refractivity contribution is 5.89. The van der Waals surface area contributed by atoms with Gasteiger partial charge in [0.15, 0.2) is 11.5 Å². The lowest BCUT2D eigenvalue weighted by Gasteiger charge is -2.37. The summed E-state index contributed by atoms with van der Waals surface area (Å²) < 4.78 is 30.6. The monoisotopic (exact) mass is 510 g/mol. The lowest BCUT2D eigenvalue weighted by atomic mass is 9.83. The van der Waals surface area contributed by atoms with E-state index in [0.717, 1.165) is 6.42 Å². The molecule has 0 heterocycles. The fourth-order valence-electron chi connectivity index (χ4n) is 3.96. The average molecular weight is 511 g/mol. The summed E-state index contributed by atoms with van der Waals surface area (Å²) in [5.41, 5.74) is -2.28. The lowest BCUT2D eigenvalue weighted by molar-refractivity contribution is -0.0738. The Bertz CT molecular complexity index is 871. The van der Waals surface area contributed by atoms with Gasteiger partial charge in [0.1, 0.15) is 16.8 Å². The highest BCUT2D eigenvalue weighted by atomic mass is 16.6. The Labute approximate surface area is 218 Å². The first-order valence-electron chi connectivity index (χ1n) is 12.7. The van der Waals surface area contributed by atoms with E-state index < -0.39 is 22.8 Å². The molecule has 0 unspecified atom stereocenters. The van der Waals surface area contributed by atoms with E-state index in [1.54, 1.807) is 7.11 Å². The maximum Gasteiger partial charge on any atom is 0.335 e. The van der Waals surface area contributed by atoms with Gasteiger partial charge in [0, 0.05) is 20.1 Å². The van der Waals surface area contributed by atoms with Crippen molar-refractivity contribution < 1.29 is 33.6 Å². The summed E-state index contributed by atoms with van der Waals surface area (Å²) in [7, 11) is 1.64. The van der Waals surface area contributed by atoms with Crippen molar-refractivity contribution in [1.82, 2.24) is 0 Å². The molecule has 0 saturated carbocycles. The van der Waals surface area contributed by atoms with Crippen LogP contribution in [0.5, 0.6) is 17.2 Å². The average Bonchev–Trinajstić information content (AvgIpc) is 2.64. The molecule has 0 aliphatic carbocycles. The van der Waals surface area contributed by atoms with Gasteiger partial charge in [-0.25, -0.2) is 4.79 Å². The van der Waals surface area contributed by atoms with Crippen molar-refractivity contribution in [1.29, 1.82) is 0 Å². The lowest BCUT2D eigenvalue weighted by Crippen LogP contribution is -2.39. The summed E-state index contributed by atoms with van der Waals surface area (Å²) in [6.07, 6.45) is 1.36. The molecule has 1 N–H and O–H groups in total. The van der Waals surface area contributed by atoms with Crippen LogP contribution in [0.1, 0.15) is 106 Å². The molecule has 0 aliphatic rings. The predicted octanol–water partition coefficient (Wildman–Crippen LogP) is 7.14. The van der Waals surface area contributed by atoms with Crippen LogP contribution >= 0.6 is 0 Å². The number of benzene rings is 1. The number of rotatable bonds is 13. The van der Waals surface area contributed by atoms with Gasteiger partial charge in [-0.2, -0.15) is 0 Å². The molecule has 1 aromatic rings. The van der Waals surface area contributed by atoms with Crippen LogP contribution in [0, 0.1) is 5.41 Å². The number of carboxylic acids is 1. The van der Waals surface area contributed by atoms with Crippen LogP contribution in [-0.2, 0) is 9.47 Å². The van der Waals surface area contributed by atoms with E-state index in [9.17, 15) is 9.90 Å². The van der Waals surface area contributed by atoms with Gasteiger partial charge in [0.25, 0.3) is 0 Å². The minimum Gasteiger partial charge on any atom is -0.484 e. The molecule has 0 bridgehead atoms. The summed E-state index contributed by atoms with van der Waals surface area (Å²) in [6.45, 7) is 24.9. The van der Waals surface area contributed by atoms with E-state index >= 15 is 0 Å². The first-order chi connectivity index (χ1) is 16.0. The molecule has 0 amide bonds. The number of hydrogen-bond acceptors (Lipinski definition) is 6. The van der Waals surface area contributed by atoms with E-state index in [1.807, 2.05) is 62.3 Å². The third kappa shape index (κ3) is 11.8. The summed E-state index contributed by atoms with van der Waals surface area (Å²) >= 11 is 0. The van der Waals surface area contributed by atoms with E-state index in [1.165, 1.54) is 12.1 Å². The maximum absolute atomic E-state index is 12.1. The molecular weight excluding hydrogens is 460 g/mol. The normalized spacial score (nSPS) is 13.5. The van der Waals surface area contributed by atoms with Crippen LogP contribution in [0.3, 0.4) is 0 Å². The van der Waals surface area contributed by atoms with Gasteiger partial charge in [-0.3, -0.25) is 0 Å². The van der Waals surface area contributed by atoms with Crippen molar-refractivity contribution >= 4 is 5.97 Å². The van der Waals surface area contributed by atoms with Crippen LogP contribution in [0.4, 0.5) is 0 Å². The number of hydrogen-bond donors (Lipinski definition) is 1. The highest BCUT2D eigenvalue weighted by Gasteiger charge is 2.34. The van der Waals surface area contributed by atoms with Crippen molar-refractivity contribution in [2.75, 3.05) is 20.3 Å². The van der Waals surface area contributed by atoms with Crippen LogP contribution in [0.15, 0.2) is 12.1 Å². The Hall–Kier alpha value is -1.99. The molecule has 1 aromatic carbocycles. The zero-order valence-electron chi connectivity index (χ0n) is 24.9. The van der Waals surface area contributed by atoms with Crippen LogP contribution in [-0.4, -0.2) is 53.8 Å². The molecular formula is C29H50O7. The zero-order valence-corrected chi connectivity index (χ0v) is 24.9. The van der Waals surface area contributed by atoms with Crippen LogP contribution in [0.2, 0.25) is 0 Å². The molecule has 0 saturated heterocycles. The van der Waals surface area contributed by atoms with Crippen molar-refractivity contribution in [3.05, 3.63) is 17.7 Å². The summed E-state index contributed by atoms with van der Waals surface area (Å²) in [4.78, 5) is 12.1. The number of aromatic carboxylic acids is 1. The van der Waals surface area contributed by atoms with Crippen LogP contribution < -0.4 is 14.2 Å². The van der Waals surface area contributed by atoms with Gasteiger partial charge in [-0.15, -0.1) is 0 Å². The Balaban J connectivity index is 3.64. The van der Waals surface area contributed by atoms with E-state index in [4.69, 9.17) is 23.7 Å². The van der Waals surface area contributed by atoms with Gasteiger partial charge in [0.2, 0.25) is 5.75 Å². The quantitative estimate of drug-likeness (QED) is 0.302. The van der Waals surface area contributed by atoms with Crippen molar-refractivity contribution in [3.63, 3.8) is 0 Å². The fraction of sp³-hybridized carbons (Fsp3) is 0.759. The van der Waals surface area contributed by atoms with Gasteiger partial charge in [-0.05, 0) is 86.3 Å². The number of carbonyl (C=O) groups is 1. The Morgan fingerprint density at radius 3 is 1.69 bits per heavy atom. The van der Waals surface area contributed by atoms with Crippen LogP contribution in [0.25, 0.3) is 0 Å². The van der Waals surface area contributed by atoms with E-state index in [0.29, 0.717) is 36.9 Å². The van der Waals surface area contributed by atoms with Gasteiger partial charge < -0.3 is 28.8 Å². The first kappa shape index (κ1) is 32.0. The maximum atomic E-state index is 12.1. The molecule has 0 spiro atoms. The standard InChI is InChI=1S/C29H50O7/c1-25(2,3)18-28(9,10)36-23-21(34-27(7,8)14-15-32-13)16-20(24(30)31)17-22(23)35-29(11,12)19-33-26(4,5)6/h16-17H,14-15,18-19H2,1-13H3,(H,30,31).